The molecule has 5 rings (SSSR count). The summed E-state index contributed by atoms with van der Waals surface area (Å²) in [5, 5.41) is 0. The first-order valence-corrected chi connectivity index (χ1v) is 11.5. The van der Waals surface area contributed by atoms with Crippen LogP contribution in [-0.2, 0) is 14.3 Å². The summed E-state index contributed by atoms with van der Waals surface area (Å²) in [5.41, 5.74) is 5.17. The molecule has 4 heteroatoms. The number of fused-ring (bicyclic) bond motifs is 5. The quantitative estimate of drug-likeness (QED) is 0.662. The van der Waals surface area contributed by atoms with Crippen LogP contribution in [0, 0.1) is 44.4 Å². The minimum atomic E-state index is -0.364. The SMILES string of the molecule is CCC(c1ccccc1)C1C(C)C2OC1C1C(=O)N(c3c(C)cc(C)cc3C)C(=O)C21. The smallest absolute Gasteiger partial charge is 0.240 e. The van der Waals surface area contributed by atoms with Crippen LogP contribution in [-0.4, -0.2) is 24.0 Å². The summed E-state index contributed by atoms with van der Waals surface area (Å²) >= 11 is 0. The monoisotopic (exact) mass is 417 g/mol. The Morgan fingerprint density at radius 3 is 2.10 bits per heavy atom. The Morgan fingerprint density at radius 1 is 0.935 bits per heavy atom. The third kappa shape index (κ3) is 2.84. The van der Waals surface area contributed by atoms with Crippen LogP contribution >= 0.6 is 0 Å². The van der Waals surface area contributed by atoms with Crippen LogP contribution < -0.4 is 4.90 Å². The van der Waals surface area contributed by atoms with E-state index in [0.29, 0.717) is 5.92 Å². The van der Waals surface area contributed by atoms with E-state index in [4.69, 9.17) is 4.74 Å². The van der Waals surface area contributed by atoms with Crippen molar-refractivity contribution in [2.75, 3.05) is 4.90 Å². The summed E-state index contributed by atoms with van der Waals surface area (Å²) in [4.78, 5) is 28.8. The lowest BCUT2D eigenvalue weighted by Crippen LogP contribution is -2.42. The van der Waals surface area contributed by atoms with Gasteiger partial charge in [-0.25, -0.2) is 4.90 Å². The fourth-order valence-corrected chi connectivity index (χ4v) is 6.82. The molecule has 2 bridgehead atoms. The first-order valence-electron chi connectivity index (χ1n) is 11.5. The van der Waals surface area contributed by atoms with Gasteiger partial charge in [0, 0.05) is 0 Å². The lowest BCUT2D eigenvalue weighted by atomic mass is 9.64. The van der Waals surface area contributed by atoms with Crippen LogP contribution in [0.5, 0.6) is 0 Å². The number of rotatable bonds is 4. The number of carbonyl (C=O) groups is 2. The van der Waals surface area contributed by atoms with Crippen LogP contribution in [0.4, 0.5) is 5.69 Å². The Kier molecular flexibility index (Phi) is 4.82. The molecule has 0 spiro atoms. The second-order valence-corrected chi connectivity index (χ2v) is 9.74. The molecule has 7 atom stereocenters. The molecule has 3 heterocycles. The molecule has 162 valence electrons. The molecule has 0 saturated carbocycles. The van der Waals surface area contributed by atoms with Gasteiger partial charge in [-0.3, -0.25) is 9.59 Å². The topological polar surface area (TPSA) is 46.6 Å². The van der Waals surface area contributed by atoms with Gasteiger partial charge in [0.25, 0.3) is 0 Å². The molecular weight excluding hydrogens is 386 g/mol. The Labute approximate surface area is 184 Å². The molecule has 0 aromatic heterocycles. The minimum absolute atomic E-state index is 0.0719. The van der Waals surface area contributed by atoms with E-state index in [1.807, 2.05) is 26.8 Å². The molecule has 0 N–H and O–H groups in total. The first-order chi connectivity index (χ1) is 14.8. The second kappa shape index (κ2) is 7.30. The van der Waals surface area contributed by atoms with Crippen molar-refractivity contribution in [1.29, 1.82) is 0 Å². The Hall–Kier alpha value is -2.46. The molecule has 31 heavy (non-hydrogen) atoms. The maximum atomic E-state index is 13.7. The zero-order chi connectivity index (χ0) is 22.0. The highest BCUT2D eigenvalue weighted by molar-refractivity contribution is 6.23. The van der Waals surface area contributed by atoms with Crippen molar-refractivity contribution in [3.05, 3.63) is 64.7 Å². The van der Waals surface area contributed by atoms with Gasteiger partial charge in [0.1, 0.15) is 0 Å². The van der Waals surface area contributed by atoms with Crippen molar-refractivity contribution in [2.45, 2.75) is 59.2 Å². The fraction of sp³-hybridized carbons (Fsp3) is 0.481. The van der Waals surface area contributed by atoms with Crippen molar-refractivity contribution in [3.63, 3.8) is 0 Å². The summed E-state index contributed by atoms with van der Waals surface area (Å²) in [5.74, 6) is -0.0440. The minimum Gasteiger partial charge on any atom is -0.373 e. The number of ether oxygens (including phenoxy) is 1. The zero-order valence-electron chi connectivity index (χ0n) is 19.0. The van der Waals surface area contributed by atoms with Gasteiger partial charge in [-0.2, -0.15) is 0 Å². The fourth-order valence-electron chi connectivity index (χ4n) is 6.82. The van der Waals surface area contributed by atoms with Gasteiger partial charge in [-0.15, -0.1) is 0 Å². The lowest BCUT2D eigenvalue weighted by molar-refractivity contribution is -0.125. The summed E-state index contributed by atoms with van der Waals surface area (Å²) in [6.07, 6.45) is 0.623. The van der Waals surface area contributed by atoms with Gasteiger partial charge in [-0.1, -0.05) is 61.9 Å². The predicted octanol–water partition coefficient (Wildman–Crippen LogP) is 4.94. The Morgan fingerprint density at radius 2 is 1.52 bits per heavy atom. The van der Waals surface area contributed by atoms with Crippen molar-refractivity contribution < 1.29 is 14.3 Å². The Bertz CT molecular complexity index is 1020. The van der Waals surface area contributed by atoms with Gasteiger partial charge in [0.15, 0.2) is 0 Å². The molecule has 7 unspecified atom stereocenters. The van der Waals surface area contributed by atoms with Crippen LogP contribution in [0.2, 0.25) is 0 Å². The predicted molar refractivity (Wildman–Crippen MR) is 121 cm³/mol. The van der Waals surface area contributed by atoms with Gasteiger partial charge >= 0.3 is 0 Å². The van der Waals surface area contributed by atoms with Gasteiger partial charge < -0.3 is 4.74 Å². The van der Waals surface area contributed by atoms with Crippen molar-refractivity contribution in [1.82, 2.24) is 0 Å². The van der Waals surface area contributed by atoms with Gasteiger partial charge in [-0.05, 0) is 61.6 Å². The van der Waals surface area contributed by atoms with Crippen LogP contribution in [0.1, 0.15) is 48.4 Å². The van der Waals surface area contributed by atoms with Gasteiger partial charge in [0.2, 0.25) is 11.8 Å². The molecule has 0 radical (unpaired) electrons. The molecule has 0 aliphatic carbocycles. The molecule has 2 aromatic rings. The Balaban J connectivity index is 1.53. The van der Waals surface area contributed by atoms with E-state index in [1.54, 1.807) is 0 Å². The average molecular weight is 418 g/mol. The number of hydrogen-bond donors (Lipinski definition) is 0. The number of carbonyl (C=O) groups excluding carboxylic acids is 2. The second-order valence-electron chi connectivity index (χ2n) is 9.74. The maximum absolute atomic E-state index is 13.7. The summed E-state index contributed by atoms with van der Waals surface area (Å²) < 4.78 is 6.40. The number of benzene rings is 2. The van der Waals surface area contributed by atoms with E-state index < -0.39 is 0 Å². The van der Waals surface area contributed by atoms with E-state index in [0.717, 1.165) is 28.8 Å². The number of hydrogen-bond acceptors (Lipinski definition) is 3. The highest BCUT2D eigenvalue weighted by atomic mass is 16.5. The number of anilines is 1. The van der Waals surface area contributed by atoms with E-state index in [2.05, 4.69) is 50.2 Å². The van der Waals surface area contributed by atoms with E-state index >= 15 is 0 Å². The van der Waals surface area contributed by atoms with Crippen molar-refractivity contribution >= 4 is 17.5 Å². The number of amides is 2. The number of nitrogens with zero attached hydrogens (tertiary/aromatic N) is 1. The van der Waals surface area contributed by atoms with Crippen LogP contribution in [0.3, 0.4) is 0 Å². The molecule has 3 aliphatic rings. The van der Waals surface area contributed by atoms with Crippen LogP contribution in [0.15, 0.2) is 42.5 Å². The molecular formula is C27H31NO3. The maximum Gasteiger partial charge on any atom is 0.240 e. The molecule has 3 saturated heterocycles. The van der Waals surface area contributed by atoms with E-state index in [-0.39, 0.29) is 47.7 Å². The summed E-state index contributed by atoms with van der Waals surface area (Å²) in [7, 11) is 0. The molecule has 3 fully saturated rings. The highest BCUT2D eigenvalue weighted by Crippen LogP contribution is 2.58. The van der Waals surface area contributed by atoms with E-state index in [1.165, 1.54) is 10.5 Å². The molecule has 2 aromatic carbocycles. The third-order valence-corrected chi connectivity index (χ3v) is 7.92. The number of aryl methyl sites for hydroxylation is 3. The third-order valence-electron chi connectivity index (χ3n) is 7.92. The normalized spacial score (nSPS) is 32.6. The van der Waals surface area contributed by atoms with Crippen molar-refractivity contribution in [2.24, 2.45) is 23.7 Å². The highest BCUT2D eigenvalue weighted by Gasteiger charge is 2.68. The molecule has 3 aliphatic heterocycles. The largest absolute Gasteiger partial charge is 0.373 e. The summed E-state index contributed by atoms with van der Waals surface area (Å²) in [6, 6.07) is 14.7. The standard InChI is InChI=1S/C27H31NO3/c1-6-19(18-10-8-7-9-11-18)20-17(5)24-21-22(25(20)31-24)27(30)28(26(21)29)23-15(3)12-14(2)13-16(23)4/h7-13,17,19-22,24-25H,6H2,1-5H3. The lowest BCUT2D eigenvalue weighted by Gasteiger charge is -2.36. The average Bonchev–Trinajstić information content (AvgIpc) is 3.35. The van der Waals surface area contributed by atoms with Gasteiger partial charge in [0.05, 0.1) is 29.7 Å². The van der Waals surface area contributed by atoms with E-state index in [9.17, 15) is 9.59 Å². The number of imide groups is 1. The van der Waals surface area contributed by atoms with Crippen molar-refractivity contribution in [3.8, 4) is 0 Å². The first kappa shape index (κ1) is 20.4. The molecule has 2 amide bonds. The van der Waals surface area contributed by atoms with Crippen LogP contribution in [0.25, 0.3) is 0 Å². The zero-order valence-corrected chi connectivity index (χ0v) is 19.0. The molecule has 4 nitrogen and oxygen atoms in total. The summed E-state index contributed by atoms with van der Waals surface area (Å²) in [6.45, 7) is 10.4.